The Morgan fingerprint density at radius 1 is 1.38 bits per heavy atom. The van der Waals surface area contributed by atoms with Crippen LogP contribution in [-0.4, -0.2) is 11.7 Å². The predicted octanol–water partition coefficient (Wildman–Crippen LogP) is 2.95. The van der Waals surface area contributed by atoms with Crippen LogP contribution in [0.25, 0.3) is 0 Å². The van der Waals surface area contributed by atoms with Crippen molar-refractivity contribution in [2.24, 2.45) is 0 Å². The number of hydrogen-bond acceptors (Lipinski definition) is 2. The highest BCUT2D eigenvalue weighted by atomic mass is 79.9. The maximum absolute atomic E-state index is 9.71. The minimum Gasteiger partial charge on any atom is -0.508 e. The first kappa shape index (κ1) is 9.49. The van der Waals surface area contributed by atoms with Crippen LogP contribution in [0.2, 0.25) is 0 Å². The van der Waals surface area contributed by atoms with Gasteiger partial charge in [0.1, 0.15) is 5.75 Å². The summed E-state index contributed by atoms with van der Waals surface area (Å²) in [5.41, 5.74) is 0.967. The van der Waals surface area contributed by atoms with E-state index < -0.39 is 0 Å². The van der Waals surface area contributed by atoms with Gasteiger partial charge in [-0.25, -0.2) is 0 Å². The molecule has 2 nitrogen and oxygen atoms in total. The lowest BCUT2D eigenvalue weighted by Gasteiger charge is -2.29. The summed E-state index contributed by atoms with van der Waals surface area (Å²) in [6.07, 6.45) is 1.09. The van der Waals surface area contributed by atoms with Gasteiger partial charge < -0.3 is 10.4 Å². The molecule has 1 atom stereocenters. The molecule has 1 aliphatic rings. The summed E-state index contributed by atoms with van der Waals surface area (Å²) in [5, 5.41) is 13.0. The molecule has 1 heterocycles. The smallest absolute Gasteiger partial charge is 0.122 e. The van der Waals surface area contributed by atoms with Gasteiger partial charge in [-0.15, -0.1) is 0 Å². The average molecular weight is 307 g/mol. The van der Waals surface area contributed by atoms with Crippen LogP contribution in [0.5, 0.6) is 5.75 Å². The third-order valence-electron chi connectivity index (χ3n) is 2.24. The average Bonchev–Trinajstić information content (AvgIpc) is 1.92. The first-order chi connectivity index (χ1) is 6.18. The lowest BCUT2D eigenvalue weighted by Crippen LogP contribution is -2.35. The second-order valence-corrected chi connectivity index (χ2v) is 4.89. The van der Waals surface area contributed by atoms with Crippen molar-refractivity contribution in [1.29, 1.82) is 0 Å². The highest BCUT2D eigenvalue weighted by molar-refractivity contribution is 9.11. The molecule has 0 spiro atoms. The van der Waals surface area contributed by atoms with Crippen molar-refractivity contribution >= 4 is 31.9 Å². The first-order valence-electron chi connectivity index (χ1n) is 4.10. The Morgan fingerprint density at radius 2 is 2.08 bits per heavy atom. The van der Waals surface area contributed by atoms with Crippen LogP contribution in [0.15, 0.2) is 21.1 Å². The van der Waals surface area contributed by atoms with Crippen molar-refractivity contribution in [3.05, 3.63) is 26.6 Å². The SMILES string of the molecule is Oc1cc(Br)cc(Br)c1[C@H]1CCN1. The Morgan fingerprint density at radius 3 is 2.54 bits per heavy atom. The number of halogens is 2. The van der Waals surface area contributed by atoms with Gasteiger partial charge in [-0.1, -0.05) is 31.9 Å². The summed E-state index contributed by atoms with van der Waals surface area (Å²) < 4.78 is 1.84. The normalized spacial score (nSPS) is 21.2. The molecule has 0 amide bonds. The Labute approximate surface area is 93.6 Å². The predicted molar refractivity (Wildman–Crippen MR) is 58.9 cm³/mol. The number of hydrogen-bond donors (Lipinski definition) is 2. The molecule has 0 bridgehead atoms. The molecule has 4 heteroatoms. The number of nitrogens with one attached hydrogen (secondary N) is 1. The number of phenols is 1. The van der Waals surface area contributed by atoms with Crippen molar-refractivity contribution in [2.75, 3.05) is 6.54 Å². The number of phenolic OH excluding ortho intramolecular Hbond substituents is 1. The molecule has 2 N–H and O–H groups in total. The van der Waals surface area contributed by atoms with E-state index in [4.69, 9.17) is 0 Å². The first-order valence-corrected chi connectivity index (χ1v) is 5.68. The van der Waals surface area contributed by atoms with Gasteiger partial charge in [-0.2, -0.15) is 0 Å². The van der Waals surface area contributed by atoms with E-state index in [0.29, 0.717) is 11.8 Å². The lowest BCUT2D eigenvalue weighted by atomic mass is 9.97. The van der Waals surface area contributed by atoms with Crippen LogP contribution >= 0.6 is 31.9 Å². The Hall–Kier alpha value is -0.0600. The van der Waals surface area contributed by atoms with Crippen LogP contribution < -0.4 is 5.32 Å². The zero-order valence-electron chi connectivity index (χ0n) is 6.85. The molecule has 1 saturated heterocycles. The monoisotopic (exact) mass is 305 g/mol. The van der Waals surface area contributed by atoms with Crippen molar-refractivity contribution in [2.45, 2.75) is 12.5 Å². The van der Waals surface area contributed by atoms with Crippen molar-refractivity contribution in [3.63, 3.8) is 0 Å². The summed E-state index contributed by atoms with van der Waals surface area (Å²) in [6, 6.07) is 3.98. The minimum atomic E-state index is 0.308. The van der Waals surface area contributed by atoms with E-state index in [1.54, 1.807) is 6.07 Å². The fourth-order valence-electron chi connectivity index (χ4n) is 1.45. The second-order valence-electron chi connectivity index (χ2n) is 3.12. The molecule has 0 aromatic heterocycles. The zero-order valence-corrected chi connectivity index (χ0v) is 10.0. The van der Waals surface area contributed by atoms with Gasteiger partial charge in [0.2, 0.25) is 0 Å². The molecule has 0 unspecified atom stereocenters. The Bertz CT molecular complexity index is 313. The Kier molecular flexibility index (Phi) is 2.62. The molecule has 0 aliphatic carbocycles. The van der Waals surface area contributed by atoms with E-state index in [2.05, 4.69) is 37.2 Å². The van der Waals surface area contributed by atoms with Crippen molar-refractivity contribution in [1.82, 2.24) is 5.32 Å². The zero-order chi connectivity index (χ0) is 9.42. The molecule has 1 fully saturated rings. The quantitative estimate of drug-likeness (QED) is 0.836. The van der Waals surface area contributed by atoms with Gasteiger partial charge in [0.05, 0.1) is 0 Å². The van der Waals surface area contributed by atoms with E-state index in [1.165, 1.54) is 0 Å². The van der Waals surface area contributed by atoms with E-state index in [1.807, 2.05) is 6.07 Å². The van der Waals surface area contributed by atoms with E-state index in [0.717, 1.165) is 27.5 Å². The van der Waals surface area contributed by atoms with Gasteiger partial charge in [0.15, 0.2) is 0 Å². The fourth-order valence-corrected chi connectivity index (χ4v) is 2.93. The third kappa shape index (κ3) is 1.75. The second kappa shape index (κ2) is 3.59. The summed E-state index contributed by atoms with van der Waals surface area (Å²) in [6.45, 7) is 1.03. The number of rotatable bonds is 1. The number of benzene rings is 1. The molecule has 1 aliphatic heterocycles. The maximum atomic E-state index is 9.71. The van der Waals surface area contributed by atoms with E-state index in [-0.39, 0.29) is 0 Å². The van der Waals surface area contributed by atoms with Crippen LogP contribution in [0, 0.1) is 0 Å². The summed E-state index contributed by atoms with van der Waals surface area (Å²) >= 11 is 6.77. The van der Waals surface area contributed by atoms with Gasteiger partial charge in [-0.3, -0.25) is 0 Å². The molecule has 13 heavy (non-hydrogen) atoms. The maximum Gasteiger partial charge on any atom is 0.122 e. The molecule has 1 aromatic carbocycles. The van der Waals surface area contributed by atoms with Crippen LogP contribution in [0.3, 0.4) is 0 Å². The van der Waals surface area contributed by atoms with Gasteiger partial charge >= 0.3 is 0 Å². The Balaban J connectivity index is 2.43. The van der Waals surface area contributed by atoms with Crippen LogP contribution in [-0.2, 0) is 0 Å². The van der Waals surface area contributed by atoms with Gasteiger partial charge in [0.25, 0.3) is 0 Å². The van der Waals surface area contributed by atoms with E-state index in [9.17, 15) is 5.11 Å². The minimum absolute atomic E-state index is 0.308. The molecular weight excluding hydrogens is 298 g/mol. The molecule has 70 valence electrons. The highest BCUT2D eigenvalue weighted by Gasteiger charge is 2.23. The molecular formula is C9H9Br2NO. The molecule has 2 rings (SSSR count). The van der Waals surface area contributed by atoms with Crippen LogP contribution in [0.1, 0.15) is 18.0 Å². The fraction of sp³-hybridized carbons (Fsp3) is 0.333. The standard InChI is InChI=1S/C9H9Br2NO/c10-5-3-6(11)9(8(13)4-5)7-1-2-12-7/h3-4,7,12-13H,1-2H2/t7-/m1/s1. The van der Waals surface area contributed by atoms with Crippen LogP contribution in [0.4, 0.5) is 0 Å². The summed E-state index contributed by atoms with van der Waals surface area (Å²) in [7, 11) is 0. The van der Waals surface area contributed by atoms with E-state index >= 15 is 0 Å². The molecule has 0 radical (unpaired) electrons. The topological polar surface area (TPSA) is 32.3 Å². The van der Waals surface area contributed by atoms with Crippen molar-refractivity contribution in [3.8, 4) is 5.75 Å². The summed E-state index contributed by atoms with van der Waals surface area (Å²) in [5.74, 6) is 0.346. The summed E-state index contributed by atoms with van der Waals surface area (Å²) in [4.78, 5) is 0. The van der Waals surface area contributed by atoms with Gasteiger partial charge in [0, 0.05) is 20.6 Å². The molecule has 1 aromatic rings. The number of aromatic hydroxyl groups is 1. The third-order valence-corrected chi connectivity index (χ3v) is 3.36. The largest absolute Gasteiger partial charge is 0.508 e. The lowest BCUT2D eigenvalue weighted by molar-refractivity contribution is 0.363. The highest BCUT2D eigenvalue weighted by Crippen LogP contribution is 2.38. The van der Waals surface area contributed by atoms with Gasteiger partial charge in [-0.05, 0) is 25.1 Å². The molecule has 0 saturated carbocycles. The van der Waals surface area contributed by atoms with Crippen molar-refractivity contribution < 1.29 is 5.11 Å².